The Morgan fingerprint density at radius 2 is 1.53 bits per heavy atom. The molecule has 20 heteroatoms. The molecule has 0 saturated carbocycles. The number of carbonyl (C=O) groups excluding carboxylic acids is 5. The van der Waals surface area contributed by atoms with Gasteiger partial charge in [-0.25, -0.2) is 0 Å². The van der Waals surface area contributed by atoms with E-state index in [2.05, 4.69) is 21.3 Å². The van der Waals surface area contributed by atoms with Crippen LogP contribution in [-0.4, -0.2) is 174 Å². The largest absolute Gasteiger partial charge is 0.387 e. The number of benzene rings is 3. The van der Waals surface area contributed by atoms with Gasteiger partial charge in [0.2, 0.25) is 29.5 Å². The maximum atomic E-state index is 14.9. The van der Waals surface area contributed by atoms with Gasteiger partial charge in [-0.1, -0.05) is 107 Å². The number of methoxy groups -OCH3 is 1. The second-order valence-electron chi connectivity index (χ2n) is 24.0. The van der Waals surface area contributed by atoms with Gasteiger partial charge in [-0.05, 0) is 101 Å². The van der Waals surface area contributed by atoms with Gasteiger partial charge in [0, 0.05) is 62.6 Å². The SMILES string of the molecule is CO[C@]1(C)C[C@H](O[C@H]2[C@H](C)[C@@H](O[C@@H]3O[C@H](C)C[C@H](N(C)C)[C@H]3O)[C@](C)(O)C[C@@H](C)CN(C)C(=O)[C@H](Cc3ccc(NC(=O)[C@H](Cc4ccccc4Cl)NC(=O)Cc4ccccc4)cc3)NC(=O)[C@H](C(C)C)NC(=O)[C@@H]2C)O[C@@H](C)[C@@H]1O. The molecule has 0 spiro atoms. The number of ether oxygens (including phenoxy) is 5. The molecule has 7 N–H and O–H groups in total. The van der Waals surface area contributed by atoms with Crippen LogP contribution in [0.3, 0.4) is 0 Å². The fourth-order valence-corrected chi connectivity index (χ4v) is 11.9. The summed E-state index contributed by atoms with van der Waals surface area (Å²) in [6, 6.07) is 19.5. The molecule has 0 aliphatic carbocycles. The summed E-state index contributed by atoms with van der Waals surface area (Å²) in [5.41, 5.74) is -0.295. The van der Waals surface area contributed by atoms with Gasteiger partial charge < -0.3 is 70.1 Å². The Hall–Kier alpha value is -5.06. The third kappa shape index (κ3) is 17.0. The molecule has 19 nitrogen and oxygen atoms in total. The number of nitrogens with zero attached hydrogens (tertiary/aromatic N) is 2. The molecule has 0 bridgehead atoms. The van der Waals surface area contributed by atoms with E-state index in [4.69, 9.17) is 35.3 Å². The van der Waals surface area contributed by atoms with Crippen molar-refractivity contribution in [3.8, 4) is 0 Å². The quantitative estimate of drug-likeness (QED) is 0.0995. The van der Waals surface area contributed by atoms with Crippen molar-refractivity contribution in [2.45, 2.75) is 185 Å². The molecule has 3 aliphatic rings. The van der Waals surface area contributed by atoms with Gasteiger partial charge >= 0.3 is 0 Å². The van der Waals surface area contributed by atoms with E-state index in [1.54, 1.807) is 98.0 Å². The number of aliphatic hydroxyl groups excluding tert-OH is 2. The van der Waals surface area contributed by atoms with E-state index in [9.17, 15) is 39.3 Å². The highest BCUT2D eigenvalue weighted by molar-refractivity contribution is 6.31. The van der Waals surface area contributed by atoms with E-state index in [-0.39, 0.29) is 56.7 Å². The molecule has 6 rings (SSSR count). The Kier molecular flexibility index (Phi) is 22.9. The minimum Gasteiger partial charge on any atom is -0.387 e. The number of rotatable bonds is 16. The first-order valence-corrected chi connectivity index (χ1v) is 28.7. The molecule has 81 heavy (non-hydrogen) atoms. The highest BCUT2D eigenvalue weighted by Gasteiger charge is 2.51. The molecule has 0 radical (unpaired) electrons. The summed E-state index contributed by atoms with van der Waals surface area (Å²) in [4.78, 5) is 75.0. The summed E-state index contributed by atoms with van der Waals surface area (Å²) in [5.74, 6) is -5.19. The molecular weight excluding hydrogens is 1060 g/mol. The number of carbonyl (C=O) groups is 5. The molecule has 448 valence electrons. The second kappa shape index (κ2) is 28.5. The van der Waals surface area contributed by atoms with Gasteiger partial charge in [0.15, 0.2) is 12.6 Å². The fraction of sp³-hybridized carbons (Fsp3) is 0.623. The van der Waals surface area contributed by atoms with Crippen molar-refractivity contribution in [1.29, 1.82) is 0 Å². The monoisotopic (exact) mass is 1150 g/mol. The van der Waals surface area contributed by atoms with Crippen molar-refractivity contribution in [3.63, 3.8) is 0 Å². The maximum Gasteiger partial charge on any atom is 0.247 e. The first-order valence-electron chi connectivity index (χ1n) is 28.3. The average molecular weight is 1150 g/mol. The van der Waals surface area contributed by atoms with Crippen molar-refractivity contribution in [3.05, 3.63) is 101 Å². The third-order valence-electron chi connectivity index (χ3n) is 16.3. The van der Waals surface area contributed by atoms with Crippen molar-refractivity contribution < 1.29 is 63.0 Å². The lowest BCUT2D eigenvalue weighted by atomic mass is 9.77. The molecule has 0 aromatic heterocycles. The molecule has 17 atom stereocenters. The molecule has 0 unspecified atom stereocenters. The van der Waals surface area contributed by atoms with E-state index in [0.29, 0.717) is 28.3 Å². The zero-order valence-corrected chi connectivity index (χ0v) is 50.1. The maximum absolute atomic E-state index is 14.9. The molecule has 3 fully saturated rings. The summed E-state index contributed by atoms with van der Waals surface area (Å²) in [7, 11) is 6.84. The smallest absolute Gasteiger partial charge is 0.247 e. The molecule has 3 saturated heterocycles. The Morgan fingerprint density at radius 1 is 0.877 bits per heavy atom. The Bertz CT molecular complexity index is 2580. The van der Waals surface area contributed by atoms with Crippen LogP contribution < -0.4 is 21.3 Å². The van der Waals surface area contributed by atoms with Crippen molar-refractivity contribution in [2.24, 2.45) is 23.7 Å². The predicted octanol–water partition coefficient (Wildman–Crippen LogP) is 5.04. The number of aliphatic hydroxyl groups is 3. The minimum atomic E-state index is -1.72. The molecule has 3 aromatic carbocycles. The predicted molar refractivity (Wildman–Crippen MR) is 308 cm³/mol. The molecule has 3 aromatic rings. The van der Waals surface area contributed by atoms with Gasteiger partial charge in [-0.3, -0.25) is 24.0 Å². The highest BCUT2D eigenvalue weighted by Crippen LogP contribution is 2.39. The van der Waals surface area contributed by atoms with Crippen LogP contribution in [0.1, 0.15) is 98.3 Å². The van der Waals surface area contributed by atoms with Gasteiger partial charge in [0.1, 0.15) is 30.3 Å². The number of likely N-dealkylation sites (N-methyl/N-ethyl adjacent to an activating group) is 2. The normalized spacial score (nSPS) is 33.4. The van der Waals surface area contributed by atoms with Crippen LogP contribution in [0.15, 0.2) is 78.9 Å². The Balaban J connectivity index is 1.30. The highest BCUT2D eigenvalue weighted by atomic mass is 35.5. The summed E-state index contributed by atoms with van der Waals surface area (Å²) < 4.78 is 32.0. The third-order valence-corrected chi connectivity index (χ3v) is 16.7. The van der Waals surface area contributed by atoms with E-state index in [1.165, 1.54) is 12.0 Å². The van der Waals surface area contributed by atoms with E-state index >= 15 is 0 Å². The number of hydrogen-bond donors (Lipinski definition) is 7. The zero-order chi connectivity index (χ0) is 59.7. The topological polar surface area (TPSA) is 247 Å². The number of anilines is 1. The summed E-state index contributed by atoms with van der Waals surface area (Å²) in [5, 5.41) is 48.0. The minimum absolute atomic E-state index is 0.0173. The van der Waals surface area contributed by atoms with Gasteiger partial charge in [0.05, 0.1) is 48.0 Å². The lowest BCUT2D eigenvalue weighted by Crippen LogP contribution is -2.61. The van der Waals surface area contributed by atoms with Crippen molar-refractivity contribution >= 4 is 46.8 Å². The lowest BCUT2D eigenvalue weighted by Gasteiger charge is -2.49. The first-order chi connectivity index (χ1) is 38.1. The van der Waals surface area contributed by atoms with Crippen LogP contribution in [-0.2, 0) is 66.9 Å². The Morgan fingerprint density at radius 3 is 2.16 bits per heavy atom. The van der Waals surface area contributed by atoms with Crippen LogP contribution in [0.25, 0.3) is 0 Å². The van der Waals surface area contributed by atoms with E-state index in [1.807, 2.05) is 69.2 Å². The van der Waals surface area contributed by atoms with E-state index < -0.39 is 120 Å². The number of hydrogen-bond acceptors (Lipinski definition) is 14. The van der Waals surface area contributed by atoms with Crippen LogP contribution in [0.2, 0.25) is 5.02 Å². The number of nitrogens with one attached hydrogen (secondary N) is 4. The van der Waals surface area contributed by atoms with Gasteiger partial charge in [-0.15, -0.1) is 0 Å². The summed E-state index contributed by atoms with van der Waals surface area (Å²) in [6.45, 7) is 16.0. The van der Waals surface area contributed by atoms with Crippen molar-refractivity contribution in [1.82, 2.24) is 25.8 Å². The molecule has 5 amide bonds. The van der Waals surface area contributed by atoms with Crippen LogP contribution in [0.5, 0.6) is 0 Å². The van der Waals surface area contributed by atoms with Gasteiger partial charge in [0.25, 0.3) is 0 Å². The summed E-state index contributed by atoms with van der Waals surface area (Å²) >= 11 is 6.51. The van der Waals surface area contributed by atoms with Crippen LogP contribution >= 0.6 is 11.6 Å². The molecular formula is C61H89ClN6O13. The molecule has 3 aliphatic heterocycles. The standard InChI is InChI=1S/C61H89ClN6O13/c1-34(2)50-57(74)65-46(28-41-23-25-43(26-24-41)63-56(73)45(30-42-21-17-18-22-44(42)62)64-48(69)29-40-19-15-14-16-20-40)58(75)68(12)33-35(3)31-60(8,76)54(81-59-51(70)47(67(10)11)27-36(4)78-59)37(5)52(38(6)55(72)66-50)80-49-32-61(9,77-13)53(71)39(7)79-49/h14-26,34-39,45-47,49-54,59,70-71,76H,27-33H2,1-13H3,(H,63,73)(H,64,69)(H,65,74)(H,66,72)/t35-,36-,37+,38-,39+,45+,46+,47+,49+,50+,51-,52+,53+,54-,59+,60-,61-/m1/s1. The Labute approximate surface area is 483 Å². The van der Waals surface area contributed by atoms with Crippen LogP contribution in [0.4, 0.5) is 5.69 Å². The van der Waals surface area contributed by atoms with Crippen molar-refractivity contribution in [2.75, 3.05) is 40.1 Å². The second-order valence-corrected chi connectivity index (χ2v) is 24.4. The average Bonchev–Trinajstić information content (AvgIpc) is 3.43. The lowest BCUT2D eigenvalue weighted by molar-refractivity contribution is -0.317. The van der Waals surface area contributed by atoms with Gasteiger partial charge in [-0.2, -0.15) is 0 Å². The fourth-order valence-electron chi connectivity index (χ4n) is 11.7. The van der Waals surface area contributed by atoms with Crippen LogP contribution in [0, 0.1) is 23.7 Å². The first kappa shape index (κ1) is 65.1. The summed E-state index contributed by atoms with van der Waals surface area (Å²) in [6.07, 6.45) is -6.82. The number of amides is 5. The zero-order valence-electron chi connectivity index (χ0n) is 49.4. The van der Waals surface area contributed by atoms with E-state index in [0.717, 1.165) is 5.56 Å². The molecule has 3 heterocycles. The number of halogens is 1.